The molecule has 1 heterocycles. The number of nitrogens with one attached hydrogen (secondary N) is 1. The van der Waals surface area contributed by atoms with Gasteiger partial charge in [0.1, 0.15) is 0 Å². The fraction of sp³-hybridized carbons (Fsp3) is 0.500. The maximum atomic E-state index is 4.13. The molecule has 106 valence electrons. The molecule has 1 saturated carbocycles. The minimum Gasteiger partial charge on any atom is -0.382 e. The third-order valence-corrected chi connectivity index (χ3v) is 4.23. The van der Waals surface area contributed by atoms with E-state index >= 15 is 0 Å². The van der Waals surface area contributed by atoms with E-state index in [1.165, 1.54) is 31.4 Å². The number of hydrogen-bond acceptors (Lipinski definition) is 3. The number of hydrogen-bond donors (Lipinski definition) is 1. The molecule has 20 heavy (non-hydrogen) atoms. The van der Waals surface area contributed by atoms with Gasteiger partial charge >= 0.3 is 0 Å². The Balaban J connectivity index is 1.61. The van der Waals surface area contributed by atoms with Gasteiger partial charge in [0, 0.05) is 11.7 Å². The van der Waals surface area contributed by atoms with E-state index < -0.39 is 0 Å². The molecular weight excluding hydrogens is 248 g/mol. The Bertz CT molecular complexity index is 532. The lowest BCUT2D eigenvalue weighted by Gasteiger charge is -2.35. The lowest BCUT2D eigenvalue weighted by atomic mass is 9.75. The Morgan fingerprint density at radius 1 is 1.05 bits per heavy atom. The molecule has 0 spiro atoms. The molecule has 1 aliphatic rings. The second-order valence-electron chi connectivity index (χ2n) is 6.45. The minimum absolute atomic E-state index is 0.522. The fourth-order valence-corrected chi connectivity index (χ4v) is 2.82. The van der Waals surface area contributed by atoms with Crippen molar-refractivity contribution in [2.75, 3.05) is 5.32 Å². The van der Waals surface area contributed by atoms with Crippen LogP contribution in [0.25, 0.3) is 5.69 Å². The molecule has 4 nitrogen and oxygen atoms in total. The van der Waals surface area contributed by atoms with Crippen molar-refractivity contribution in [1.29, 1.82) is 0 Å². The first-order valence-electron chi connectivity index (χ1n) is 7.36. The summed E-state index contributed by atoms with van der Waals surface area (Å²) in [7, 11) is 0. The number of benzene rings is 1. The minimum atomic E-state index is 0.522. The molecule has 4 heteroatoms. The first kappa shape index (κ1) is 13.2. The van der Waals surface area contributed by atoms with Crippen molar-refractivity contribution in [3.8, 4) is 5.69 Å². The van der Waals surface area contributed by atoms with Crippen LogP contribution in [0.4, 0.5) is 5.69 Å². The summed E-state index contributed by atoms with van der Waals surface area (Å²) in [4.78, 5) is 1.63. The van der Waals surface area contributed by atoms with Gasteiger partial charge in [-0.3, -0.25) is 0 Å². The van der Waals surface area contributed by atoms with Crippen molar-refractivity contribution in [2.45, 2.75) is 45.6 Å². The van der Waals surface area contributed by atoms with Crippen molar-refractivity contribution in [1.82, 2.24) is 15.0 Å². The van der Waals surface area contributed by atoms with Crippen LogP contribution in [0.5, 0.6) is 0 Å². The molecule has 0 amide bonds. The Kier molecular flexibility index (Phi) is 3.47. The van der Waals surface area contributed by atoms with E-state index in [0.717, 1.165) is 5.69 Å². The molecule has 0 unspecified atom stereocenters. The molecule has 1 N–H and O–H groups in total. The average Bonchev–Trinajstić information content (AvgIpc) is 2.96. The molecule has 1 aromatic carbocycles. The van der Waals surface area contributed by atoms with Gasteiger partial charge in [-0.05, 0) is 55.4 Å². The Morgan fingerprint density at radius 3 is 2.25 bits per heavy atom. The molecule has 1 aromatic heterocycles. The van der Waals surface area contributed by atoms with Crippen molar-refractivity contribution >= 4 is 5.69 Å². The predicted molar refractivity (Wildman–Crippen MR) is 81.0 cm³/mol. The molecule has 0 atom stereocenters. The van der Waals surface area contributed by atoms with Crippen molar-refractivity contribution in [3.05, 3.63) is 36.7 Å². The first-order chi connectivity index (χ1) is 9.62. The summed E-state index contributed by atoms with van der Waals surface area (Å²) < 4.78 is 0. The van der Waals surface area contributed by atoms with E-state index in [1.54, 1.807) is 17.2 Å². The Labute approximate surface area is 120 Å². The highest BCUT2D eigenvalue weighted by molar-refractivity contribution is 5.48. The van der Waals surface area contributed by atoms with E-state index in [2.05, 4.69) is 53.6 Å². The van der Waals surface area contributed by atoms with Gasteiger partial charge in [0.05, 0.1) is 18.1 Å². The van der Waals surface area contributed by atoms with Gasteiger partial charge in [-0.15, -0.1) is 0 Å². The summed E-state index contributed by atoms with van der Waals surface area (Å²) in [6.45, 7) is 4.74. The largest absolute Gasteiger partial charge is 0.382 e. The van der Waals surface area contributed by atoms with E-state index in [-0.39, 0.29) is 0 Å². The smallest absolute Gasteiger partial charge is 0.0858 e. The Morgan fingerprint density at radius 2 is 1.65 bits per heavy atom. The van der Waals surface area contributed by atoms with Gasteiger partial charge in [-0.1, -0.05) is 13.8 Å². The van der Waals surface area contributed by atoms with Crippen LogP contribution in [0.1, 0.15) is 39.5 Å². The standard InChI is InChI=1S/C16H22N4/c1-16(2)9-7-14(8-10-16)19-13-3-5-15(6-4-13)20-17-11-12-18-20/h3-6,11-12,14,19H,7-10H2,1-2H3. The summed E-state index contributed by atoms with van der Waals surface area (Å²) in [5.74, 6) is 0. The predicted octanol–water partition coefficient (Wildman–Crippen LogP) is 3.65. The second kappa shape index (κ2) is 5.27. The van der Waals surface area contributed by atoms with E-state index in [0.29, 0.717) is 11.5 Å². The molecule has 1 fully saturated rings. The SMILES string of the molecule is CC1(C)CCC(Nc2ccc(-n3nccn3)cc2)CC1. The van der Waals surface area contributed by atoms with Gasteiger partial charge in [0.25, 0.3) is 0 Å². The van der Waals surface area contributed by atoms with Crippen LogP contribution in [0, 0.1) is 5.41 Å². The summed E-state index contributed by atoms with van der Waals surface area (Å²) in [6, 6.07) is 8.93. The Hall–Kier alpha value is -1.84. The monoisotopic (exact) mass is 270 g/mol. The van der Waals surface area contributed by atoms with Gasteiger partial charge < -0.3 is 5.32 Å². The lowest BCUT2D eigenvalue weighted by molar-refractivity contribution is 0.232. The number of anilines is 1. The molecule has 0 saturated heterocycles. The normalized spacial score (nSPS) is 18.9. The van der Waals surface area contributed by atoms with Crippen LogP contribution in [-0.2, 0) is 0 Å². The molecule has 1 aliphatic carbocycles. The average molecular weight is 270 g/mol. The third-order valence-electron chi connectivity index (χ3n) is 4.23. The van der Waals surface area contributed by atoms with Crippen LogP contribution in [0.15, 0.2) is 36.7 Å². The maximum absolute atomic E-state index is 4.13. The third kappa shape index (κ3) is 3.00. The second-order valence-corrected chi connectivity index (χ2v) is 6.45. The van der Waals surface area contributed by atoms with E-state index in [4.69, 9.17) is 0 Å². The molecular formula is C16H22N4. The summed E-state index contributed by atoms with van der Waals surface area (Å²) in [5.41, 5.74) is 2.70. The number of rotatable bonds is 3. The van der Waals surface area contributed by atoms with E-state index in [1.807, 2.05) is 0 Å². The zero-order chi connectivity index (χ0) is 14.0. The zero-order valence-electron chi connectivity index (χ0n) is 12.2. The summed E-state index contributed by atoms with van der Waals surface area (Å²) in [5, 5.41) is 11.9. The number of nitrogens with zero attached hydrogens (tertiary/aromatic N) is 3. The van der Waals surface area contributed by atoms with Crippen LogP contribution in [0.2, 0.25) is 0 Å². The molecule has 3 rings (SSSR count). The molecule has 2 aromatic rings. The molecule has 0 radical (unpaired) electrons. The molecule has 0 bridgehead atoms. The highest BCUT2D eigenvalue weighted by Crippen LogP contribution is 2.36. The van der Waals surface area contributed by atoms with Gasteiger partial charge in [-0.2, -0.15) is 15.0 Å². The van der Waals surface area contributed by atoms with Crippen molar-refractivity contribution < 1.29 is 0 Å². The summed E-state index contributed by atoms with van der Waals surface area (Å²) >= 11 is 0. The zero-order valence-corrected chi connectivity index (χ0v) is 12.2. The van der Waals surface area contributed by atoms with Gasteiger partial charge in [-0.25, -0.2) is 0 Å². The van der Waals surface area contributed by atoms with Crippen LogP contribution >= 0.6 is 0 Å². The fourth-order valence-electron chi connectivity index (χ4n) is 2.82. The molecule has 0 aliphatic heterocycles. The summed E-state index contributed by atoms with van der Waals surface area (Å²) in [6.07, 6.45) is 8.51. The lowest BCUT2D eigenvalue weighted by Crippen LogP contribution is -2.29. The van der Waals surface area contributed by atoms with Gasteiger partial charge in [0.2, 0.25) is 0 Å². The van der Waals surface area contributed by atoms with Crippen LogP contribution in [-0.4, -0.2) is 21.0 Å². The van der Waals surface area contributed by atoms with Gasteiger partial charge in [0.15, 0.2) is 0 Å². The highest BCUT2D eigenvalue weighted by atomic mass is 15.5. The first-order valence-corrected chi connectivity index (χ1v) is 7.36. The van der Waals surface area contributed by atoms with Crippen molar-refractivity contribution in [3.63, 3.8) is 0 Å². The topological polar surface area (TPSA) is 42.7 Å². The van der Waals surface area contributed by atoms with Crippen LogP contribution in [0.3, 0.4) is 0 Å². The van der Waals surface area contributed by atoms with Crippen LogP contribution < -0.4 is 5.32 Å². The number of aromatic nitrogens is 3. The van der Waals surface area contributed by atoms with Crippen molar-refractivity contribution in [2.24, 2.45) is 5.41 Å². The quantitative estimate of drug-likeness (QED) is 0.925. The highest BCUT2D eigenvalue weighted by Gasteiger charge is 2.26. The maximum Gasteiger partial charge on any atom is 0.0858 e. The van der Waals surface area contributed by atoms with E-state index in [9.17, 15) is 0 Å².